The summed E-state index contributed by atoms with van der Waals surface area (Å²) < 4.78 is 16.6. The second-order valence-electron chi connectivity index (χ2n) is 8.63. The Hall–Kier alpha value is -2.28. The molecule has 2 fully saturated rings. The summed E-state index contributed by atoms with van der Waals surface area (Å²) in [6.45, 7) is 7.88. The zero-order chi connectivity index (χ0) is 21.0. The van der Waals surface area contributed by atoms with E-state index in [9.17, 15) is 9.59 Å². The van der Waals surface area contributed by atoms with Gasteiger partial charge in [-0.15, -0.1) is 0 Å². The molecule has 2 saturated heterocycles. The maximum atomic E-state index is 12.2. The van der Waals surface area contributed by atoms with Crippen molar-refractivity contribution in [3.8, 4) is 0 Å². The van der Waals surface area contributed by atoms with Crippen LogP contribution >= 0.6 is 0 Å². The van der Waals surface area contributed by atoms with Gasteiger partial charge in [-0.2, -0.15) is 0 Å². The van der Waals surface area contributed by atoms with Crippen LogP contribution in [-0.2, 0) is 14.2 Å². The Morgan fingerprint density at radius 2 is 1.66 bits per heavy atom. The number of carbonyl (C=O) groups is 2. The fourth-order valence-corrected chi connectivity index (χ4v) is 3.80. The molecule has 7 heteroatoms. The average Bonchev–Trinajstić information content (AvgIpc) is 3.15. The fourth-order valence-electron chi connectivity index (χ4n) is 3.80. The van der Waals surface area contributed by atoms with E-state index in [0.717, 1.165) is 37.9 Å². The number of benzene rings is 1. The summed E-state index contributed by atoms with van der Waals surface area (Å²) in [5, 5.41) is 0. The number of methoxy groups -OCH3 is 1. The highest BCUT2D eigenvalue weighted by Crippen LogP contribution is 2.29. The van der Waals surface area contributed by atoms with Crippen molar-refractivity contribution in [3.63, 3.8) is 0 Å². The van der Waals surface area contributed by atoms with Crippen LogP contribution in [0.15, 0.2) is 24.3 Å². The fraction of sp³-hybridized carbons (Fsp3) is 0.636. The van der Waals surface area contributed by atoms with E-state index >= 15 is 0 Å². The first-order chi connectivity index (χ1) is 13.8. The normalized spacial score (nSPS) is 20.6. The van der Waals surface area contributed by atoms with Gasteiger partial charge in [0.05, 0.1) is 18.8 Å². The van der Waals surface area contributed by atoms with Gasteiger partial charge in [-0.25, -0.2) is 9.59 Å². The van der Waals surface area contributed by atoms with Gasteiger partial charge in [-0.05, 0) is 70.7 Å². The molecule has 2 aliphatic heterocycles. The Morgan fingerprint density at radius 1 is 1.00 bits per heavy atom. The van der Waals surface area contributed by atoms with Gasteiger partial charge in [0.2, 0.25) is 0 Å². The quantitative estimate of drug-likeness (QED) is 0.711. The van der Waals surface area contributed by atoms with Crippen LogP contribution in [-0.4, -0.2) is 61.6 Å². The lowest BCUT2D eigenvalue weighted by Gasteiger charge is -2.36. The minimum atomic E-state index is -0.474. The number of ether oxygens (including phenoxy) is 3. The lowest BCUT2D eigenvalue weighted by atomic mass is 10.1. The lowest BCUT2D eigenvalue weighted by molar-refractivity contribution is -0.0421. The van der Waals surface area contributed by atoms with Gasteiger partial charge >= 0.3 is 12.1 Å². The summed E-state index contributed by atoms with van der Waals surface area (Å²) in [5.41, 5.74) is 1.12. The molecule has 160 valence electrons. The molecule has 3 rings (SSSR count). The molecule has 0 radical (unpaired) electrons. The molecule has 0 spiro atoms. The minimum Gasteiger partial charge on any atom is -0.465 e. The first-order valence-electron chi connectivity index (χ1n) is 10.4. The molecule has 0 aromatic heterocycles. The summed E-state index contributed by atoms with van der Waals surface area (Å²) in [4.78, 5) is 27.9. The Morgan fingerprint density at radius 3 is 2.24 bits per heavy atom. The van der Waals surface area contributed by atoms with Crippen molar-refractivity contribution >= 4 is 17.7 Å². The average molecular weight is 405 g/mol. The molecule has 1 amide bonds. The topological polar surface area (TPSA) is 68.3 Å². The van der Waals surface area contributed by atoms with Crippen molar-refractivity contribution in [2.45, 2.75) is 64.4 Å². The van der Waals surface area contributed by atoms with E-state index in [4.69, 9.17) is 14.2 Å². The summed E-state index contributed by atoms with van der Waals surface area (Å²) in [6, 6.07) is 7.46. The molecule has 1 atom stereocenters. The second-order valence-corrected chi connectivity index (χ2v) is 8.63. The predicted molar refractivity (Wildman–Crippen MR) is 110 cm³/mol. The lowest BCUT2D eigenvalue weighted by Crippen LogP contribution is -2.45. The van der Waals surface area contributed by atoms with Gasteiger partial charge in [-0.3, -0.25) is 0 Å². The molecular weight excluding hydrogens is 372 g/mol. The highest BCUT2D eigenvalue weighted by atomic mass is 16.6. The van der Waals surface area contributed by atoms with E-state index in [1.165, 1.54) is 7.11 Å². The number of piperidine rings is 1. The highest BCUT2D eigenvalue weighted by molar-refractivity contribution is 5.89. The van der Waals surface area contributed by atoms with Crippen molar-refractivity contribution in [2.24, 2.45) is 0 Å². The highest BCUT2D eigenvalue weighted by Gasteiger charge is 2.32. The SMILES string of the molecule is COC(=O)c1ccc(N2CCCC2OC2CCN(C(=O)OC(C)(C)C)CC2)cc1. The Kier molecular flexibility index (Phi) is 6.67. The van der Waals surface area contributed by atoms with E-state index < -0.39 is 5.60 Å². The van der Waals surface area contributed by atoms with E-state index in [-0.39, 0.29) is 24.4 Å². The summed E-state index contributed by atoms with van der Waals surface area (Å²) in [7, 11) is 1.38. The molecule has 1 aromatic carbocycles. The number of rotatable bonds is 4. The predicted octanol–water partition coefficient (Wildman–Crippen LogP) is 3.82. The third-order valence-electron chi connectivity index (χ3n) is 5.26. The molecule has 2 aliphatic rings. The van der Waals surface area contributed by atoms with Crippen LogP contribution < -0.4 is 4.90 Å². The first-order valence-corrected chi connectivity index (χ1v) is 10.4. The standard InChI is InChI=1S/C22H32N2O5/c1-22(2,3)29-21(26)23-14-11-18(12-15-23)28-19-6-5-13-24(19)17-9-7-16(8-10-17)20(25)27-4/h7-10,18-19H,5-6,11-15H2,1-4H3. The van der Waals surface area contributed by atoms with E-state index in [2.05, 4.69) is 4.90 Å². The smallest absolute Gasteiger partial charge is 0.410 e. The Bertz CT molecular complexity index is 705. The van der Waals surface area contributed by atoms with Crippen LogP contribution in [0.4, 0.5) is 10.5 Å². The Balaban J connectivity index is 1.53. The third-order valence-corrected chi connectivity index (χ3v) is 5.26. The summed E-state index contributed by atoms with van der Waals surface area (Å²) >= 11 is 0. The number of nitrogens with zero attached hydrogens (tertiary/aromatic N) is 2. The first kappa shape index (κ1) is 21.4. The third kappa shape index (κ3) is 5.63. The molecule has 0 N–H and O–H groups in total. The van der Waals surface area contributed by atoms with Crippen LogP contribution in [0, 0.1) is 0 Å². The van der Waals surface area contributed by atoms with Gasteiger partial charge < -0.3 is 24.0 Å². The van der Waals surface area contributed by atoms with Crippen molar-refractivity contribution in [2.75, 3.05) is 31.6 Å². The van der Waals surface area contributed by atoms with E-state index in [1.807, 2.05) is 32.9 Å². The number of hydrogen-bond donors (Lipinski definition) is 0. The van der Waals surface area contributed by atoms with Crippen molar-refractivity contribution in [1.29, 1.82) is 0 Å². The zero-order valence-electron chi connectivity index (χ0n) is 17.8. The minimum absolute atomic E-state index is 0.0250. The maximum absolute atomic E-state index is 12.2. The van der Waals surface area contributed by atoms with Gasteiger partial charge in [0.15, 0.2) is 0 Å². The second kappa shape index (κ2) is 9.03. The molecule has 29 heavy (non-hydrogen) atoms. The number of anilines is 1. The molecule has 2 heterocycles. The molecular formula is C22H32N2O5. The van der Waals surface area contributed by atoms with Crippen LogP contribution in [0.25, 0.3) is 0 Å². The largest absolute Gasteiger partial charge is 0.465 e. The summed E-state index contributed by atoms with van der Waals surface area (Å²) in [6.07, 6.45) is 3.58. The monoisotopic (exact) mass is 404 g/mol. The zero-order valence-corrected chi connectivity index (χ0v) is 17.8. The van der Waals surface area contributed by atoms with E-state index in [1.54, 1.807) is 17.0 Å². The Labute approximate surface area is 172 Å². The molecule has 0 aliphatic carbocycles. The number of carbonyl (C=O) groups excluding carboxylic acids is 2. The number of esters is 1. The number of amides is 1. The molecule has 0 bridgehead atoms. The van der Waals surface area contributed by atoms with E-state index in [0.29, 0.717) is 18.7 Å². The van der Waals surface area contributed by atoms with Gasteiger partial charge in [-0.1, -0.05) is 0 Å². The molecule has 1 unspecified atom stereocenters. The van der Waals surface area contributed by atoms with Gasteiger partial charge in [0.1, 0.15) is 11.8 Å². The number of likely N-dealkylation sites (tertiary alicyclic amines) is 1. The molecule has 0 saturated carbocycles. The van der Waals surface area contributed by atoms with Crippen LogP contribution in [0.2, 0.25) is 0 Å². The van der Waals surface area contributed by atoms with Crippen LogP contribution in [0.5, 0.6) is 0 Å². The molecule has 1 aromatic rings. The van der Waals surface area contributed by atoms with Crippen LogP contribution in [0.1, 0.15) is 56.8 Å². The maximum Gasteiger partial charge on any atom is 0.410 e. The van der Waals surface area contributed by atoms with Crippen molar-refractivity contribution in [1.82, 2.24) is 4.90 Å². The molecule has 7 nitrogen and oxygen atoms in total. The van der Waals surface area contributed by atoms with Crippen molar-refractivity contribution < 1.29 is 23.8 Å². The number of hydrogen-bond acceptors (Lipinski definition) is 6. The van der Waals surface area contributed by atoms with Gasteiger partial charge in [0.25, 0.3) is 0 Å². The van der Waals surface area contributed by atoms with Crippen LogP contribution in [0.3, 0.4) is 0 Å². The van der Waals surface area contributed by atoms with Crippen molar-refractivity contribution in [3.05, 3.63) is 29.8 Å². The summed E-state index contributed by atoms with van der Waals surface area (Å²) in [5.74, 6) is -0.331. The van der Waals surface area contributed by atoms with Gasteiger partial charge in [0, 0.05) is 25.3 Å².